The van der Waals surface area contributed by atoms with Crippen LogP contribution in [0.4, 0.5) is 5.82 Å². The fourth-order valence-electron chi connectivity index (χ4n) is 2.12. The van der Waals surface area contributed by atoms with E-state index in [-0.39, 0.29) is 11.4 Å². The normalized spacial score (nSPS) is 16.6. The Balaban J connectivity index is 2.07. The van der Waals surface area contributed by atoms with Crippen LogP contribution in [0.15, 0.2) is 6.07 Å². The Kier molecular flexibility index (Phi) is 3.99. The Morgan fingerprint density at radius 2 is 2.16 bits per heavy atom. The van der Waals surface area contributed by atoms with Crippen LogP contribution in [0.2, 0.25) is 0 Å². The third-order valence-corrected chi connectivity index (χ3v) is 3.51. The number of hydrogen-bond acceptors (Lipinski definition) is 6. The minimum Gasteiger partial charge on any atom is -0.463 e. The Hall–Kier alpha value is -1.69. The molecule has 1 saturated carbocycles. The van der Waals surface area contributed by atoms with E-state index in [0.29, 0.717) is 12.4 Å². The molecule has 6 nitrogen and oxygen atoms in total. The molecule has 0 atom stereocenters. The molecule has 2 rings (SSSR count). The maximum Gasteiger partial charge on any atom is 0.376 e. The van der Waals surface area contributed by atoms with Gasteiger partial charge in [0, 0.05) is 25.4 Å². The lowest BCUT2D eigenvalue weighted by Crippen LogP contribution is -2.45. The van der Waals surface area contributed by atoms with Crippen LogP contribution in [0.25, 0.3) is 0 Å². The molecule has 1 aliphatic carbocycles. The summed E-state index contributed by atoms with van der Waals surface area (Å²) in [5.41, 5.74) is 0.627. The van der Waals surface area contributed by atoms with E-state index in [1.54, 1.807) is 13.2 Å². The number of ether oxygens (including phenoxy) is 2. The van der Waals surface area contributed by atoms with Gasteiger partial charge >= 0.3 is 5.97 Å². The lowest BCUT2D eigenvalue weighted by molar-refractivity contribution is -0.0601. The summed E-state index contributed by atoms with van der Waals surface area (Å²) in [4.78, 5) is 19.6. The molecule has 1 fully saturated rings. The van der Waals surface area contributed by atoms with Crippen LogP contribution in [0.3, 0.4) is 0 Å². The number of nitrogens with one attached hydrogen (secondary N) is 1. The molecule has 1 N–H and O–H groups in total. The van der Waals surface area contributed by atoms with Gasteiger partial charge in [-0.15, -0.1) is 0 Å². The third-order valence-electron chi connectivity index (χ3n) is 3.51. The summed E-state index contributed by atoms with van der Waals surface area (Å²) in [6, 6.07) is 1.80. The molecule has 0 bridgehead atoms. The molecule has 0 saturated heterocycles. The summed E-state index contributed by atoms with van der Waals surface area (Å²) in [6.07, 6.45) is 3.28. The first-order chi connectivity index (χ1) is 9.08. The van der Waals surface area contributed by atoms with Gasteiger partial charge in [0.15, 0.2) is 0 Å². The topological polar surface area (TPSA) is 73.3 Å². The van der Waals surface area contributed by atoms with Gasteiger partial charge in [0.05, 0.1) is 12.7 Å². The summed E-state index contributed by atoms with van der Waals surface area (Å²) < 4.78 is 10.2. The molecule has 1 aromatic rings. The number of nitrogens with zero attached hydrogens (tertiary/aromatic N) is 2. The van der Waals surface area contributed by atoms with Gasteiger partial charge in [-0.25, -0.2) is 14.8 Å². The molecule has 6 heteroatoms. The number of hydrogen-bond donors (Lipinski definition) is 1. The lowest BCUT2D eigenvalue weighted by atomic mass is 9.80. The lowest BCUT2D eigenvalue weighted by Gasteiger charge is -2.40. The summed E-state index contributed by atoms with van der Waals surface area (Å²) in [5.74, 6) is 0.165. The van der Waals surface area contributed by atoms with Gasteiger partial charge in [-0.1, -0.05) is 0 Å². The third kappa shape index (κ3) is 3.01. The summed E-state index contributed by atoms with van der Waals surface area (Å²) in [5, 5.41) is 3.21. The van der Waals surface area contributed by atoms with E-state index in [9.17, 15) is 4.79 Å². The van der Waals surface area contributed by atoms with Crippen molar-refractivity contribution in [1.82, 2.24) is 9.97 Å². The molecule has 1 aromatic heterocycles. The number of rotatable bonds is 5. The van der Waals surface area contributed by atoms with Crippen LogP contribution in [0, 0.1) is 6.92 Å². The first-order valence-corrected chi connectivity index (χ1v) is 6.31. The quantitative estimate of drug-likeness (QED) is 0.814. The maximum absolute atomic E-state index is 11.4. The second-order valence-corrected chi connectivity index (χ2v) is 4.80. The second-order valence-electron chi connectivity index (χ2n) is 4.80. The number of carbonyl (C=O) groups is 1. The van der Waals surface area contributed by atoms with E-state index in [1.807, 2.05) is 6.92 Å². The second kappa shape index (κ2) is 5.52. The van der Waals surface area contributed by atoms with E-state index < -0.39 is 5.97 Å². The molecule has 104 valence electrons. The van der Waals surface area contributed by atoms with Crippen molar-refractivity contribution in [2.75, 3.05) is 26.1 Å². The Morgan fingerprint density at radius 3 is 2.68 bits per heavy atom. The van der Waals surface area contributed by atoms with Gasteiger partial charge in [-0.2, -0.15) is 0 Å². The van der Waals surface area contributed by atoms with E-state index in [4.69, 9.17) is 4.74 Å². The average Bonchev–Trinajstić information content (AvgIpc) is 2.36. The zero-order valence-corrected chi connectivity index (χ0v) is 11.5. The number of anilines is 1. The number of methoxy groups -OCH3 is 2. The highest BCUT2D eigenvalue weighted by atomic mass is 16.5. The molecule has 1 aliphatic rings. The molecular weight excluding hydrogens is 246 g/mol. The molecule has 0 aromatic carbocycles. The standard InChI is InChI=1S/C13H19N3O3/c1-9-7-10(16-11(15-9)12(17)18-2)14-8-13(19-3)5-4-6-13/h7H,4-6,8H2,1-3H3,(H,14,15,16). The molecule has 0 spiro atoms. The predicted molar refractivity (Wildman–Crippen MR) is 70.2 cm³/mol. The van der Waals surface area contributed by atoms with E-state index in [1.165, 1.54) is 13.5 Å². The van der Waals surface area contributed by atoms with E-state index in [2.05, 4.69) is 20.0 Å². The van der Waals surface area contributed by atoms with E-state index in [0.717, 1.165) is 18.5 Å². The Labute approximate surface area is 112 Å². The summed E-state index contributed by atoms with van der Waals surface area (Å²) in [6.45, 7) is 2.50. The summed E-state index contributed by atoms with van der Waals surface area (Å²) in [7, 11) is 3.04. The molecule has 0 aliphatic heterocycles. The zero-order chi connectivity index (χ0) is 13.9. The maximum atomic E-state index is 11.4. The summed E-state index contributed by atoms with van der Waals surface area (Å²) >= 11 is 0. The highest BCUT2D eigenvalue weighted by molar-refractivity contribution is 5.85. The SMILES string of the molecule is COC(=O)c1nc(C)cc(NCC2(OC)CCC2)n1. The van der Waals surface area contributed by atoms with Crippen molar-refractivity contribution in [3.8, 4) is 0 Å². The van der Waals surface area contributed by atoms with Crippen LogP contribution in [-0.4, -0.2) is 42.3 Å². The van der Waals surface area contributed by atoms with Crippen molar-refractivity contribution >= 4 is 11.8 Å². The monoisotopic (exact) mass is 265 g/mol. The number of esters is 1. The highest BCUT2D eigenvalue weighted by Gasteiger charge is 2.36. The molecule has 1 heterocycles. The molecule has 0 radical (unpaired) electrons. The first-order valence-electron chi connectivity index (χ1n) is 6.31. The van der Waals surface area contributed by atoms with Gasteiger partial charge < -0.3 is 14.8 Å². The number of aryl methyl sites for hydroxylation is 1. The van der Waals surface area contributed by atoms with Crippen molar-refractivity contribution in [3.05, 3.63) is 17.6 Å². The number of aromatic nitrogens is 2. The van der Waals surface area contributed by atoms with Gasteiger partial charge in [-0.05, 0) is 26.2 Å². The van der Waals surface area contributed by atoms with Gasteiger partial charge in [0.25, 0.3) is 0 Å². The van der Waals surface area contributed by atoms with Crippen molar-refractivity contribution < 1.29 is 14.3 Å². The Morgan fingerprint density at radius 1 is 1.42 bits per heavy atom. The van der Waals surface area contributed by atoms with Gasteiger partial charge in [-0.3, -0.25) is 0 Å². The highest BCUT2D eigenvalue weighted by Crippen LogP contribution is 2.34. The van der Waals surface area contributed by atoms with Crippen molar-refractivity contribution in [3.63, 3.8) is 0 Å². The minimum absolute atomic E-state index is 0.0741. The van der Waals surface area contributed by atoms with E-state index >= 15 is 0 Å². The van der Waals surface area contributed by atoms with Crippen LogP contribution >= 0.6 is 0 Å². The van der Waals surface area contributed by atoms with Crippen molar-refractivity contribution in [2.24, 2.45) is 0 Å². The fourth-order valence-corrected chi connectivity index (χ4v) is 2.12. The zero-order valence-electron chi connectivity index (χ0n) is 11.5. The van der Waals surface area contributed by atoms with Crippen LogP contribution < -0.4 is 5.32 Å². The fraction of sp³-hybridized carbons (Fsp3) is 0.615. The van der Waals surface area contributed by atoms with Gasteiger partial charge in [0.1, 0.15) is 5.82 Å². The molecule has 0 amide bonds. The number of carbonyl (C=O) groups excluding carboxylic acids is 1. The smallest absolute Gasteiger partial charge is 0.376 e. The molecular formula is C13H19N3O3. The molecule has 19 heavy (non-hydrogen) atoms. The minimum atomic E-state index is -0.531. The van der Waals surface area contributed by atoms with Crippen LogP contribution in [-0.2, 0) is 9.47 Å². The van der Waals surface area contributed by atoms with Crippen molar-refractivity contribution in [1.29, 1.82) is 0 Å². The molecule has 0 unspecified atom stereocenters. The van der Waals surface area contributed by atoms with Gasteiger partial charge in [0.2, 0.25) is 5.82 Å². The first kappa shape index (κ1) is 13.7. The average molecular weight is 265 g/mol. The Bertz CT molecular complexity index is 467. The van der Waals surface area contributed by atoms with Crippen LogP contribution in [0.1, 0.15) is 35.6 Å². The predicted octanol–water partition coefficient (Wildman–Crippen LogP) is 1.55. The van der Waals surface area contributed by atoms with Crippen molar-refractivity contribution in [2.45, 2.75) is 31.8 Å². The van der Waals surface area contributed by atoms with Crippen LogP contribution in [0.5, 0.6) is 0 Å². The largest absolute Gasteiger partial charge is 0.463 e.